The molecule has 7 heteroatoms. The standard InChI is InChI=1S/C20H28N2O4S/c1-26-19-7-5-18-13-20(8-6-17(18)12-19)27(24,25)21-9-3-11-22-10-2-4-16(14-22)15-23/h5-8,12-13,16,21,23H,2-4,9-11,14-15H2,1H3/t16-/m0/s1. The van der Waals surface area contributed by atoms with Crippen LogP contribution in [0.4, 0.5) is 0 Å². The minimum Gasteiger partial charge on any atom is -0.497 e. The number of likely N-dealkylation sites (tertiary alicyclic amines) is 1. The van der Waals surface area contributed by atoms with Crippen LogP contribution in [0.15, 0.2) is 41.3 Å². The molecule has 6 nitrogen and oxygen atoms in total. The van der Waals surface area contributed by atoms with Crippen molar-refractivity contribution in [2.24, 2.45) is 5.92 Å². The number of nitrogens with one attached hydrogen (secondary N) is 1. The zero-order valence-corrected chi connectivity index (χ0v) is 16.5. The van der Waals surface area contributed by atoms with Crippen LogP contribution in [0.25, 0.3) is 10.8 Å². The van der Waals surface area contributed by atoms with E-state index in [9.17, 15) is 13.5 Å². The van der Waals surface area contributed by atoms with Gasteiger partial charge in [-0.25, -0.2) is 13.1 Å². The van der Waals surface area contributed by atoms with Crippen LogP contribution in [-0.4, -0.2) is 58.3 Å². The Morgan fingerprint density at radius 1 is 1.22 bits per heavy atom. The van der Waals surface area contributed by atoms with Gasteiger partial charge in [-0.15, -0.1) is 0 Å². The topological polar surface area (TPSA) is 78.9 Å². The highest BCUT2D eigenvalue weighted by molar-refractivity contribution is 7.89. The number of nitrogens with zero attached hydrogens (tertiary/aromatic N) is 1. The van der Waals surface area contributed by atoms with E-state index in [1.54, 1.807) is 25.3 Å². The molecule has 1 saturated heterocycles. The average molecular weight is 393 g/mol. The van der Waals surface area contributed by atoms with E-state index in [4.69, 9.17) is 4.74 Å². The molecule has 0 radical (unpaired) electrons. The molecule has 2 aromatic carbocycles. The number of rotatable bonds is 8. The minimum absolute atomic E-state index is 0.233. The molecule has 2 N–H and O–H groups in total. The highest BCUT2D eigenvalue weighted by atomic mass is 32.2. The van der Waals surface area contributed by atoms with E-state index in [0.29, 0.717) is 12.5 Å². The van der Waals surface area contributed by atoms with Gasteiger partial charge in [-0.2, -0.15) is 0 Å². The van der Waals surface area contributed by atoms with E-state index < -0.39 is 10.0 Å². The first-order valence-electron chi connectivity index (χ1n) is 9.42. The van der Waals surface area contributed by atoms with Crippen molar-refractivity contribution in [3.8, 4) is 5.75 Å². The first-order chi connectivity index (χ1) is 13.0. The zero-order chi connectivity index (χ0) is 19.3. The predicted octanol–water partition coefficient (Wildman–Crippen LogP) is 2.22. The molecular formula is C20H28N2O4S. The first-order valence-corrected chi connectivity index (χ1v) is 10.9. The number of piperidine rings is 1. The predicted molar refractivity (Wildman–Crippen MR) is 107 cm³/mol. The lowest BCUT2D eigenvalue weighted by atomic mass is 9.99. The van der Waals surface area contributed by atoms with Gasteiger partial charge in [0.1, 0.15) is 5.75 Å². The molecule has 3 rings (SSSR count). The van der Waals surface area contributed by atoms with E-state index in [-0.39, 0.29) is 11.5 Å². The summed E-state index contributed by atoms with van der Waals surface area (Å²) in [6, 6.07) is 10.7. The van der Waals surface area contributed by atoms with E-state index in [1.807, 2.05) is 18.2 Å². The summed E-state index contributed by atoms with van der Waals surface area (Å²) in [5, 5.41) is 11.1. The molecule has 1 heterocycles. The molecule has 0 bridgehead atoms. The van der Waals surface area contributed by atoms with Gasteiger partial charge < -0.3 is 14.7 Å². The van der Waals surface area contributed by atoms with Crippen LogP contribution in [0, 0.1) is 5.92 Å². The van der Waals surface area contributed by atoms with Crippen LogP contribution in [0.5, 0.6) is 5.75 Å². The van der Waals surface area contributed by atoms with Crippen molar-refractivity contribution in [1.82, 2.24) is 9.62 Å². The monoisotopic (exact) mass is 392 g/mol. The molecule has 1 fully saturated rings. The number of fused-ring (bicyclic) bond motifs is 1. The fourth-order valence-electron chi connectivity index (χ4n) is 3.59. The largest absolute Gasteiger partial charge is 0.497 e. The van der Waals surface area contributed by atoms with Gasteiger partial charge in [-0.05, 0) is 73.3 Å². The third kappa shape index (κ3) is 5.19. The van der Waals surface area contributed by atoms with E-state index in [1.165, 1.54) is 0 Å². The van der Waals surface area contributed by atoms with Crippen LogP contribution in [0.2, 0.25) is 0 Å². The van der Waals surface area contributed by atoms with Crippen LogP contribution >= 0.6 is 0 Å². The Kier molecular flexibility index (Phi) is 6.70. The van der Waals surface area contributed by atoms with Crippen molar-refractivity contribution in [3.05, 3.63) is 36.4 Å². The summed E-state index contributed by atoms with van der Waals surface area (Å²) in [5.41, 5.74) is 0. The fraction of sp³-hybridized carbons (Fsp3) is 0.500. The second-order valence-electron chi connectivity index (χ2n) is 7.12. The van der Waals surface area contributed by atoms with Crippen LogP contribution in [0.3, 0.4) is 0 Å². The van der Waals surface area contributed by atoms with E-state index in [0.717, 1.165) is 55.4 Å². The summed E-state index contributed by atoms with van der Waals surface area (Å²) in [6.45, 7) is 3.41. The minimum atomic E-state index is -3.53. The van der Waals surface area contributed by atoms with Crippen LogP contribution in [0.1, 0.15) is 19.3 Å². The maximum Gasteiger partial charge on any atom is 0.240 e. The van der Waals surface area contributed by atoms with Crippen molar-refractivity contribution in [1.29, 1.82) is 0 Å². The number of aliphatic hydroxyl groups excluding tert-OH is 1. The second kappa shape index (κ2) is 9.01. The van der Waals surface area contributed by atoms with Crippen molar-refractivity contribution in [2.75, 3.05) is 39.9 Å². The molecule has 148 valence electrons. The lowest BCUT2D eigenvalue weighted by Gasteiger charge is -2.31. The molecule has 0 saturated carbocycles. The van der Waals surface area contributed by atoms with E-state index in [2.05, 4.69) is 9.62 Å². The molecule has 0 aliphatic carbocycles. The van der Waals surface area contributed by atoms with Crippen molar-refractivity contribution < 1.29 is 18.3 Å². The van der Waals surface area contributed by atoms with Crippen molar-refractivity contribution in [2.45, 2.75) is 24.2 Å². The van der Waals surface area contributed by atoms with Gasteiger partial charge in [0.2, 0.25) is 10.0 Å². The van der Waals surface area contributed by atoms with Gasteiger partial charge in [-0.1, -0.05) is 12.1 Å². The summed E-state index contributed by atoms with van der Waals surface area (Å²) in [7, 11) is -1.92. The normalized spacial score (nSPS) is 18.7. The molecule has 0 unspecified atom stereocenters. The summed E-state index contributed by atoms with van der Waals surface area (Å²) >= 11 is 0. The van der Waals surface area contributed by atoms with Gasteiger partial charge in [-0.3, -0.25) is 0 Å². The zero-order valence-electron chi connectivity index (χ0n) is 15.7. The molecular weight excluding hydrogens is 364 g/mol. The summed E-state index contributed by atoms with van der Waals surface area (Å²) in [4.78, 5) is 2.58. The highest BCUT2D eigenvalue weighted by Gasteiger charge is 2.19. The van der Waals surface area contributed by atoms with Crippen molar-refractivity contribution >= 4 is 20.8 Å². The SMILES string of the molecule is COc1ccc2cc(S(=O)(=O)NCCCN3CCC[C@H](CO)C3)ccc2c1. The third-order valence-corrected chi connectivity index (χ3v) is 6.59. The van der Waals surface area contributed by atoms with Crippen LogP contribution in [-0.2, 0) is 10.0 Å². The molecule has 27 heavy (non-hydrogen) atoms. The first kappa shape index (κ1) is 20.1. The number of benzene rings is 2. The Balaban J connectivity index is 1.55. The Labute approximate surface area is 161 Å². The molecule has 0 aromatic heterocycles. The second-order valence-corrected chi connectivity index (χ2v) is 8.88. The third-order valence-electron chi connectivity index (χ3n) is 5.13. The number of hydrogen-bond acceptors (Lipinski definition) is 5. The van der Waals surface area contributed by atoms with Gasteiger partial charge in [0.05, 0.1) is 12.0 Å². The fourth-order valence-corrected chi connectivity index (χ4v) is 4.70. The Hall–Kier alpha value is -1.67. The van der Waals surface area contributed by atoms with E-state index >= 15 is 0 Å². The lowest BCUT2D eigenvalue weighted by molar-refractivity contribution is 0.120. The number of methoxy groups -OCH3 is 1. The summed E-state index contributed by atoms with van der Waals surface area (Å²) in [6.07, 6.45) is 2.93. The highest BCUT2D eigenvalue weighted by Crippen LogP contribution is 2.23. The average Bonchev–Trinajstić information content (AvgIpc) is 2.70. The lowest BCUT2D eigenvalue weighted by Crippen LogP contribution is -2.38. The molecule has 1 aliphatic rings. The van der Waals surface area contributed by atoms with Gasteiger partial charge in [0.25, 0.3) is 0 Å². The quantitative estimate of drug-likeness (QED) is 0.674. The van der Waals surface area contributed by atoms with Crippen molar-refractivity contribution in [3.63, 3.8) is 0 Å². The van der Waals surface area contributed by atoms with Gasteiger partial charge in [0.15, 0.2) is 0 Å². The molecule has 2 aromatic rings. The maximum atomic E-state index is 12.6. The van der Waals surface area contributed by atoms with Gasteiger partial charge in [0, 0.05) is 19.7 Å². The van der Waals surface area contributed by atoms with Gasteiger partial charge >= 0.3 is 0 Å². The Bertz CT molecular complexity index is 869. The van der Waals surface area contributed by atoms with Crippen LogP contribution < -0.4 is 9.46 Å². The maximum absolute atomic E-state index is 12.6. The smallest absolute Gasteiger partial charge is 0.240 e. The number of sulfonamides is 1. The Morgan fingerprint density at radius 3 is 2.78 bits per heavy atom. The molecule has 1 aliphatic heterocycles. The number of ether oxygens (including phenoxy) is 1. The molecule has 0 spiro atoms. The summed E-state index contributed by atoms with van der Waals surface area (Å²) in [5.74, 6) is 1.10. The number of aliphatic hydroxyl groups is 1. The summed E-state index contributed by atoms with van der Waals surface area (Å²) < 4.78 is 33.0. The molecule has 1 atom stereocenters. The Morgan fingerprint density at radius 2 is 2.00 bits per heavy atom. The number of hydrogen-bond donors (Lipinski definition) is 2. The molecule has 0 amide bonds.